The van der Waals surface area contributed by atoms with Gasteiger partial charge in [-0.15, -0.1) is 0 Å². The van der Waals surface area contributed by atoms with E-state index in [0.717, 1.165) is 6.26 Å². The Kier molecular flexibility index (Phi) is 4.22. The molecular weight excluding hydrogens is 279 g/mol. The number of carbonyl (C=O) groups is 2. The van der Waals surface area contributed by atoms with Crippen molar-refractivity contribution in [1.82, 2.24) is 0 Å². The topological polar surface area (TPSA) is 91.6 Å². The maximum Gasteiger partial charge on any atom is 0.338 e. The van der Waals surface area contributed by atoms with Crippen molar-refractivity contribution in [1.29, 1.82) is 0 Å². The average Bonchev–Trinajstić information content (AvgIpc) is 2.88. The molecule has 3 N–H and O–H groups in total. The Morgan fingerprint density at radius 1 is 1.33 bits per heavy atom. The van der Waals surface area contributed by atoms with Gasteiger partial charge in [0.2, 0.25) is 5.91 Å². The van der Waals surface area contributed by atoms with Crippen molar-refractivity contribution in [3.63, 3.8) is 0 Å². The Balaban J connectivity index is 2.07. The lowest BCUT2D eigenvalue weighted by Gasteiger charge is -2.08. The van der Waals surface area contributed by atoms with Gasteiger partial charge >= 0.3 is 5.97 Å². The molecule has 0 saturated heterocycles. The summed E-state index contributed by atoms with van der Waals surface area (Å²) in [5.74, 6) is -1.49. The maximum atomic E-state index is 13.6. The van der Waals surface area contributed by atoms with Gasteiger partial charge in [0.1, 0.15) is 17.8 Å². The zero-order valence-corrected chi connectivity index (χ0v) is 11.1. The summed E-state index contributed by atoms with van der Waals surface area (Å²) in [6, 6.07) is 5.46. The van der Waals surface area contributed by atoms with Gasteiger partial charge in [-0.05, 0) is 24.3 Å². The summed E-state index contributed by atoms with van der Waals surface area (Å²) in [5.41, 5.74) is 0.658. The van der Waals surface area contributed by atoms with E-state index in [9.17, 15) is 14.0 Å². The number of halogens is 1. The summed E-state index contributed by atoms with van der Waals surface area (Å²) in [4.78, 5) is 21.7. The smallest absolute Gasteiger partial charge is 0.338 e. The van der Waals surface area contributed by atoms with E-state index < -0.39 is 11.8 Å². The first-order valence-corrected chi connectivity index (χ1v) is 6.07. The predicted molar refractivity (Wildman–Crippen MR) is 73.7 cm³/mol. The molecule has 0 fully saturated rings. The van der Waals surface area contributed by atoms with Crippen LogP contribution in [0, 0.1) is 5.82 Å². The highest BCUT2D eigenvalue weighted by atomic mass is 19.1. The van der Waals surface area contributed by atoms with Crippen LogP contribution in [0.5, 0.6) is 0 Å². The van der Waals surface area contributed by atoms with Gasteiger partial charge < -0.3 is 20.2 Å². The maximum absolute atomic E-state index is 13.6. The summed E-state index contributed by atoms with van der Waals surface area (Å²) >= 11 is 0. The van der Waals surface area contributed by atoms with Gasteiger partial charge in [-0.3, -0.25) is 4.79 Å². The summed E-state index contributed by atoms with van der Waals surface area (Å²) in [7, 11) is 0. The summed E-state index contributed by atoms with van der Waals surface area (Å²) in [5, 5.41) is 14.1. The van der Waals surface area contributed by atoms with E-state index in [1.165, 1.54) is 31.2 Å². The van der Waals surface area contributed by atoms with Gasteiger partial charge in [-0.2, -0.15) is 0 Å². The minimum atomic E-state index is -1.09. The molecule has 0 saturated carbocycles. The van der Waals surface area contributed by atoms with Crippen molar-refractivity contribution in [2.75, 3.05) is 10.6 Å². The van der Waals surface area contributed by atoms with Crippen LogP contribution in [0.25, 0.3) is 0 Å². The van der Waals surface area contributed by atoms with Gasteiger partial charge in [-0.25, -0.2) is 9.18 Å². The van der Waals surface area contributed by atoms with Crippen molar-refractivity contribution >= 4 is 23.3 Å². The highest BCUT2D eigenvalue weighted by Crippen LogP contribution is 2.20. The lowest BCUT2D eigenvalue weighted by atomic mass is 10.2. The number of carboxylic acid groups (broad SMARTS) is 1. The van der Waals surface area contributed by atoms with Crippen LogP contribution in [-0.2, 0) is 11.3 Å². The third kappa shape index (κ3) is 3.82. The van der Waals surface area contributed by atoms with E-state index in [4.69, 9.17) is 9.52 Å². The molecule has 110 valence electrons. The van der Waals surface area contributed by atoms with E-state index in [1.807, 2.05) is 0 Å². The fraction of sp³-hybridized carbons (Fsp3) is 0.143. The SMILES string of the molecule is CC(=O)Nc1ccc(F)c(NCc2cc(C(=O)O)co2)c1. The first-order valence-electron chi connectivity index (χ1n) is 6.07. The molecule has 0 aliphatic rings. The highest BCUT2D eigenvalue weighted by molar-refractivity contribution is 5.89. The molecule has 2 aromatic rings. The Morgan fingerprint density at radius 3 is 2.71 bits per heavy atom. The quantitative estimate of drug-likeness (QED) is 0.788. The molecule has 0 unspecified atom stereocenters. The van der Waals surface area contributed by atoms with E-state index in [2.05, 4.69) is 10.6 Å². The van der Waals surface area contributed by atoms with Gasteiger partial charge in [0.05, 0.1) is 17.8 Å². The molecule has 1 aromatic carbocycles. The molecule has 1 amide bonds. The average molecular weight is 292 g/mol. The minimum Gasteiger partial charge on any atom is -0.478 e. The second-order valence-electron chi connectivity index (χ2n) is 4.34. The molecular formula is C14H13FN2O4. The first kappa shape index (κ1) is 14.6. The van der Waals surface area contributed by atoms with Crippen LogP contribution >= 0.6 is 0 Å². The molecule has 0 atom stereocenters. The van der Waals surface area contributed by atoms with Gasteiger partial charge in [-0.1, -0.05) is 0 Å². The van der Waals surface area contributed by atoms with Crippen LogP contribution in [0.3, 0.4) is 0 Å². The molecule has 21 heavy (non-hydrogen) atoms. The van der Waals surface area contributed by atoms with Crippen LogP contribution in [-0.4, -0.2) is 17.0 Å². The number of carboxylic acids is 1. The minimum absolute atomic E-state index is 0.0271. The molecule has 6 nitrogen and oxygen atoms in total. The molecule has 0 bridgehead atoms. The summed E-state index contributed by atoms with van der Waals surface area (Å²) < 4.78 is 18.7. The van der Waals surface area contributed by atoms with Gasteiger partial charge in [0.15, 0.2) is 0 Å². The predicted octanol–water partition coefficient (Wildman–Crippen LogP) is 2.69. The van der Waals surface area contributed by atoms with Crippen molar-refractivity contribution in [3.05, 3.63) is 47.7 Å². The monoisotopic (exact) mass is 292 g/mol. The zero-order chi connectivity index (χ0) is 15.4. The first-order chi connectivity index (χ1) is 9.95. The van der Waals surface area contributed by atoms with Crippen LogP contribution in [0.1, 0.15) is 23.0 Å². The zero-order valence-electron chi connectivity index (χ0n) is 11.1. The van der Waals surface area contributed by atoms with Crippen molar-refractivity contribution in [3.8, 4) is 0 Å². The Bertz CT molecular complexity index is 681. The number of benzene rings is 1. The number of amides is 1. The largest absolute Gasteiger partial charge is 0.478 e. The van der Waals surface area contributed by atoms with E-state index >= 15 is 0 Å². The van der Waals surface area contributed by atoms with Gasteiger partial charge in [0.25, 0.3) is 0 Å². The number of carbonyl (C=O) groups excluding carboxylic acids is 1. The lowest BCUT2D eigenvalue weighted by molar-refractivity contribution is -0.114. The fourth-order valence-electron chi connectivity index (χ4n) is 1.71. The van der Waals surface area contributed by atoms with Crippen LogP contribution < -0.4 is 10.6 Å². The van der Waals surface area contributed by atoms with Gasteiger partial charge in [0, 0.05) is 12.6 Å². The van der Waals surface area contributed by atoms with E-state index in [-0.39, 0.29) is 23.7 Å². The van der Waals surface area contributed by atoms with E-state index in [1.54, 1.807) is 0 Å². The number of rotatable bonds is 5. The normalized spacial score (nSPS) is 10.2. The van der Waals surface area contributed by atoms with Crippen molar-refractivity contribution < 1.29 is 23.5 Å². The van der Waals surface area contributed by atoms with Crippen molar-refractivity contribution in [2.24, 2.45) is 0 Å². The number of anilines is 2. The standard InChI is InChI=1S/C14H13FN2O4/c1-8(18)17-10-2-3-12(15)13(5-10)16-6-11-4-9(7-21-11)14(19)20/h2-5,7,16H,6H2,1H3,(H,17,18)(H,19,20). The molecule has 1 aromatic heterocycles. The molecule has 0 spiro atoms. The number of aromatic carboxylic acids is 1. The molecule has 2 rings (SSSR count). The molecule has 1 heterocycles. The van der Waals surface area contributed by atoms with Crippen molar-refractivity contribution in [2.45, 2.75) is 13.5 Å². The van der Waals surface area contributed by atoms with Crippen LogP contribution in [0.2, 0.25) is 0 Å². The Hall–Kier alpha value is -2.83. The second kappa shape index (κ2) is 6.08. The summed E-state index contributed by atoms with van der Waals surface area (Å²) in [6.07, 6.45) is 1.11. The molecule has 0 aliphatic heterocycles. The Morgan fingerprint density at radius 2 is 2.10 bits per heavy atom. The van der Waals surface area contributed by atoms with E-state index in [0.29, 0.717) is 11.4 Å². The number of hydrogen-bond donors (Lipinski definition) is 3. The third-order valence-corrected chi connectivity index (χ3v) is 2.64. The lowest BCUT2D eigenvalue weighted by Crippen LogP contribution is -2.07. The highest BCUT2D eigenvalue weighted by Gasteiger charge is 2.09. The number of hydrogen-bond acceptors (Lipinski definition) is 4. The molecule has 0 radical (unpaired) electrons. The fourth-order valence-corrected chi connectivity index (χ4v) is 1.71. The number of furan rings is 1. The second-order valence-corrected chi connectivity index (χ2v) is 4.34. The summed E-state index contributed by atoms with van der Waals surface area (Å²) in [6.45, 7) is 1.47. The number of nitrogens with one attached hydrogen (secondary N) is 2. The molecule has 7 heteroatoms. The molecule has 0 aliphatic carbocycles. The third-order valence-electron chi connectivity index (χ3n) is 2.64. The van der Waals surface area contributed by atoms with Crippen LogP contribution in [0.15, 0.2) is 34.9 Å². The van der Waals surface area contributed by atoms with Crippen LogP contribution in [0.4, 0.5) is 15.8 Å². The Labute approximate surface area is 119 Å².